The van der Waals surface area contributed by atoms with Crippen LogP contribution < -0.4 is 14.8 Å². The molecule has 2 saturated heterocycles. The molecule has 2 fully saturated rings. The summed E-state index contributed by atoms with van der Waals surface area (Å²) in [7, 11) is 1.52. The second-order valence-electron chi connectivity index (χ2n) is 7.86. The highest BCUT2D eigenvalue weighted by Gasteiger charge is 2.44. The molecule has 0 radical (unpaired) electrons. The molecule has 2 bridgehead atoms. The number of ether oxygens (including phenoxy) is 2. The van der Waals surface area contributed by atoms with Crippen LogP contribution >= 0.6 is 11.6 Å². The van der Waals surface area contributed by atoms with Gasteiger partial charge in [-0.1, -0.05) is 11.6 Å². The first-order valence-corrected chi connectivity index (χ1v) is 10.7. The Labute approximate surface area is 185 Å². The van der Waals surface area contributed by atoms with Gasteiger partial charge in [-0.05, 0) is 55.3 Å². The lowest BCUT2D eigenvalue weighted by molar-refractivity contribution is -0.139. The average Bonchev–Trinajstić information content (AvgIpc) is 3.04. The fourth-order valence-electron chi connectivity index (χ4n) is 4.49. The maximum atomic E-state index is 13.1. The second-order valence-corrected chi connectivity index (χ2v) is 8.30. The maximum Gasteiger partial charge on any atom is 0.261 e. The quantitative estimate of drug-likeness (QED) is 0.732. The minimum atomic E-state index is -0.330. The Kier molecular flexibility index (Phi) is 6.32. The fourth-order valence-corrected chi connectivity index (χ4v) is 4.66. The highest BCUT2D eigenvalue weighted by molar-refractivity contribution is 6.31. The van der Waals surface area contributed by atoms with Gasteiger partial charge in [-0.15, -0.1) is 0 Å². The van der Waals surface area contributed by atoms with Crippen molar-refractivity contribution in [1.82, 2.24) is 10.2 Å². The number of hydrogen-bond donors (Lipinski definition) is 1. The maximum absolute atomic E-state index is 13.1. The number of carbonyl (C=O) groups is 2. The molecule has 6 nitrogen and oxygen atoms in total. The van der Waals surface area contributed by atoms with Crippen LogP contribution in [0.3, 0.4) is 0 Å². The molecule has 2 aromatic rings. The topological polar surface area (TPSA) is 67.9 Å². The molecule has 2 heterocycles. The molecule has 2 aromatic carbocycles. The Morgan fingerprint density at radius 3 is 2.45 bits per heavy atom. The molecule has 0 aromatic heterocycles. The summed E-state index contributed by atoms with van der Waals surface area (Å²) in [4.78, 5) is 26.9. The van der Waals surface area contributed by atoms with E-state index in [0.717, 1.165) is 25.7 Å². The molecule has 31 heavy (non-hydrogen) atoms. The Hall–Kier alpha value is -2.80. The molecule has 2 unspecified atom stereocenters. The van der Waals surface area contributed by atoms with Gasteiger partial charge in [-0.2, -0.15) is 0 Å². The molecule has 8 heteroatoms. The van der Waals surface area contributed by atoms with E-state index in [9.17, 15) is 14.0 Å². The van der Waals surface area contributed by atoms with Crippen molar-refractivity contribution in [3.8, 4) is 11.5 Å². The van der Waals surface area contributed by atoms with Crippen LogP contribution in [0.2, 0.25) is 5.02 Å². The van der Waals surface area contributed by atoms with Crippen LogP contribution in [-0.4, -0.2) is 48.6 Å². The predicted molar refractivity (Wildman–Crippen MR) is 114 cm³/mol. The van der Waals surface area contributed by atoms with E-state index in [1.165, 1.54) is 25.2 Å². The third-order valence-corrected chi connectivity index (χ3v) is 6.09. The minimum absolute atomic E-state index is 0.0101. The Balaban J connectivity index is 1.37. The summed E-state index contributed by atoms with van der Waals surface area (Å²) < 4.78 is 24.8. The van der Waals surface area contributed by atoms with Crippen molar-refractivity contribution in [2.45, 2.75) is 43.9 Å². The molecule has 0 spiro atoms. The first kappa shape index (κ1) is 21.4. The minimum Gasteiger partial charge on any atom is -0.490 e. The zero-order valence-electron chi connectivity index (χ0n) is 17.1. The number of carbonyl (C=O) groups excluding carboxylic acids is 2. The first-order chi connectivity index (χ1) is 14.9. The van der Waals surface area contributed by atoms with Crippen LogP contribution in [-0.2, 0) is 4.79 Å². The van der Waals surface area contributed by atoms with Gasteiger partial charge in [-0.3, -0.25) is 9.59 Å². The molecule has 2 amide bonds. The SMILES string of the molecule is CNC(=O)c1cc(Cl)ccc1OCC(=O)N1C2CCC1CC(Oc1ccc(F)cc1)C2. The summed E-state index contributed by atoms with van der Waals surface area (Å²) in [6, 6.07) is 10.9. The van der Waals surface area contributed by atoms with Crippen molar-refractivity contribution < 1.29 is 23.5 Å². The highest BCUT2D eigenvalue weighted by atomic mass is 35.5. The Bertz CT molecular complexity index is 955. The van der Waals surface area contributed by atoms with E-state index in [-0.39, 0.29) is 48.0 Å². The van der Waals surface area contributed by atoms with Crippen molar-refractivity contribution in [3.05, 3.63) is 58.9 Å². The molecular weight excluding hydrogens is 423 g/mol. The molecule has 1 N–H and O–H groups in total. The van der Waals surface area contributed by atoms with Crippen LogP contribution in [0.4, 0.5) is 4.39 Å². The molecular formula is C23H24ClFN2O4. The van der Waals surface area contributed by atoms with Gasteiger partial charge in [0.15, 0.2) is 6.61 Å². The lowest BCUT2D eigenvalue weighted by atomic mass is 9.99. The predicted octanol–water partition coefficient (Wildman–Crippen LogP) is 3.82. The fraction of sp³-hybridized carbons (Fsp3) is 0.391. The molecule has 0 aliphatic carbocycles. The number of benzene rings is 2. The number of amides is 2. The Morgan fingerprint density at radius 1 is 1.13 bits per heavy atom. The van der Waals surface area contributed by atoms with Crippen LogP contribution in [0, 0.1) is 5.82 Å². The van der Waals surface area contributed by atoms with Crippen molar-refractivity contribution >= 4 is 23.4 Å². The van der Waals surface area contributed by atoms with Gasteiger partial charge in [0.25, 0.3) is 11.8 Å². The van der Waals surface area contributed by atoms with Crippen molar-refractivity contribution in [1.29, 1.82) is 0 Å². The van der Waals surface area contributed by atoms with Gasteiger partial charge in [0.1, 0.15) is 23.4 Å². The zero-order valence-corrected chi connectivity index (χ0v) is 17.9. The second kappa shape index (κ2) is 9.14. The molecule has 2 aliphatic heterocycles. The van der Waals surface area contributed by atoms with Crippen molar-refractivity contribution in [3.63, 3.8) is 0 Å². The Morgan fingerprint density at radius 2 is 1.81 bits per heavy atom. The summed E-state index contributed by atoms with van der Waals surface area (Å²) in [6.45, 7) is -0.151. The van der Waals surface area contributed by atoms with Crippen LogP contribution in [0.25, 0.3) is 0 Å². The molecule has 4 rings (SSSR count). The number of piperidine rings is 1. The lowest BCUT2D eigenvalue weighted by Crippen LogP contribution is -2.50. The average molecular weight is 447 g/mol. The van der Waals surface area contributed by atoms with Crippen molar-refractivity contribution in [2.24, 2.45) is 0 Å². The smallest absolute Gasteiger partial charge is 0.261 e. The molecule has 0 saturated carbocycles. The number of halogens is 2. The van der Waals surface area contributed by atoms with Gasteiger partial charge in [0.05, 0.1) is 5.56 Å². The number of rotatable bonds is 6. The summed E-state index contributed by atoms with van der Waals surface area (Å²) >= 11 is 5.99. The van der Waals surface area contributed by atoms with Gasteiger partial charge in [-0.25, -0.2) is 4.39 Å². The van der Waals surface area contributed by atoms with Gasteiger partial charge in [0.2, 0.25) is 0 Å². The van der Waals surface area contributed by atoms with E-state index in [1.807, 2.05) is 4.90 Å². The zero-order chi connectivity index (χ0) is 22.0. The van der Waals surface area contributed by atoms with Crippen LogP contribution in [0.15, 0.2) is 42.5 Å². The first-order valence-electron chi connectivity index (χ1n) is 10.3. The van der Waals surface area contributed by atoms with E-state index in [0.29, 0.717) is 16.5 Å². The lowest BCUT2D eigenvalue weighted by Gasteiger charge is -2.38. The number of fused-ring (bicyclic) bond motifs is 2. The van der Waals surface area contributed by atoms with Gasteiger partial charge < -0.3 is 19.7 Å². The van der Waals surface area contributed by atoms with E-state index < -0.39 is 0 Å². The van der Waals surface area contributed by atoms with Gasteiger partial charge in [0, 0.05) is 37.0 Å². The number of nitrogens with one attached hydrogen (secondary N) is 1. The summed E-state index contributed by atoms with van der Waals surface area (Å²) in [5, 5.41) is 2.96. The van der Waals surface area contributed by atoms with E-state index in [1.54, 1.807) is 24.3 Å². The standard InChI is InChI=1S/C23H24ClFN2O4/c1-26-23(29)20-10-14(24)2-9-21(20)30-13-22(28)27-16-5-6-17(27)12-19(11-16)31-18-7-3-15(25)4-8-18/h2-4,7-10,16-17,19H,5-6,11-13H2,1H3,(H,26,29). The summed E-state index contributed by atoms with van der Waals surface area (Å²) in [5.41, 5.74) is 0.289. The molecule has 164 valence electrons. The van der Waals surface area contributed by atoms with Crippen LogP contribution in [0.1, 0.15) is 36.0 Å². The molecule has 2 aliphatic rings. The van der Waals surface area contributed by atoms with Gasteiger partial charge >= 0.3 is 0 Å². The summed E-state index contributed by atoms with van der Waals surface area (Å²) in [6.07, 6.45) is 3.28. The number of hydrogen-bond acceptors (Lipinski definition) is 4. The third-order valence-electron chi connectivity index (χ3n) is 5.86. The number of nitrogens with zero attached hydrogens (tertiary/aromatic N) is 1. The normalized spacial score (nSPS) is 22.2. The third kappa shape index (κ3) is 4.77. The highest BCUT2D eigenvalue weighted by Crippen LogP contribution is 2.37. The summed E-state index contributed by atoms with van der Waals surface area (Å²) in [5.74, 6) is 0.222. The van der Waals surface area contributed by atoms with E-state index >= 15 is 0 Å². The monoisotopic (exact) mass is 446 g/mol. The van der Waals surface area contributed by atoms with E-state index in [2.05, 4.69) is 5.32 Å². The largest absolute Gasteiger partial charge is 0.490 e. The van der Waals surface area contributed by atoms with Crippen LogP contribution in [0.5, 0.6) is 11.5 Å². The van der Waals surface area contributed by atoms with E-state index in [4.69, 9.17) is 21.1 Å². The van der Waals surface area contributed by atoms with Crippen molar-refractivity contribution in [2.75, 3.05) is 13.7 Å². The molecule has 2 atom stereocenters.